The van der Waals surface area contributed by atoms with E-state index >= 15 is 0 Å². The number of hydrogen-bond acceptors (Lipinski definition) is 3. The van der Waals surface area contributed by atoms with E-state index in [1.54, 1.807) is 0 Å². The van der Waals surface area contributed by atoms with Gasteiger partial charge in [-0.25, -0.2) is 0 Å². The van der Waals surface area contributed by atoms with E-state index in [9.17, 15) is 0 Å². The molecule has 0 saturated carbocycles. The van der Waals surface area contributed by atoms with Crippen LogP contribution in [-0.2, 0) is 0 Å². The van der Waals surface area contributed by atoms with Crippen LogP contribution in [0.4, 0.5) is 0 Å². The third kappa shape index (κ3) is 1.62. The molecular formula is H2BNO2. The molecule has 0 rings (SSSR count). The quantitative estimate of drug-likeness (QED) is 0.311. The maximum atomic E-state index is 8.67. The summed E-state index contributed by atoms with van der Waals surface area (Å²) >= 11 is 0. The van der Waals surface area contributed by atoms with Gasteiger partial charge in [-0.2, -0.15) is 4.91 Å². The summed E-state index contributed by atoms with van der Waals surface area (Å²) in [5.41, 5.74) is 0. The van der Waals surface area contributed by atoms with Crippen LogP contribution in [0.3, 0.4) is 0 Å². The van der Waals surface area contributed by atoms with Crippen molar-refractivity contribution in [1.82, 2.24) is 0 Å². The van der Waals surface area contributed by atoms with Crippen LogP contribution in [0.2, 0.25) is 0 Å². The van der Waals surface area contributed by atoms with E-state index < -0.39 is 7.62 Å². The Labute approximate surface area is 23.9 Å². The smallest absolute Gasteiger partial charge is 0.432 e. The van der Waals surface area contributed by atoms with Gasteiger partial charge in [-0.15, -0.1) is 5.09 Å². The highest BCUT2D eigenvalue weighted by molar-refractivity contribution is 6.22. The van der Waals surface area contributed by atoms with Gasteiger partial charge in [0.25, 0.3) is 0 Å². The summed E-state index contributed by atoms with van der Waals surface area (Å²) in [7, 11) is -0.611. The van der Waals surface area contributed by atoms with Crippen molar-refractivity contribution < 1.29 is 5.02 Å². The molecule has 0 saturated heterocycles. The number of hydrogen-bond donors (Lipinski definition) is 1. The first kappa shape index (κ1) is 3.62. The van der Waals surface area contributed by atoms with Crippen molar-refractivity contribution in [2.75, 3.05) is 0 Å². The van der Waals surface area contributed by atoms with Crippen molar-refractivity contribution in [2.24, 2.45) is 5.09 Å². The van der Waals surface area contributed by atoms with Gasteiger partial charge in [-0.3, -0.25) is 0 Å². The minimum atomic E-state index is -0.611. The molecule has 3 nitrogen and oxygen atoms in total. The van der Waals surface area contributed by atoms with Gasteiger partial charge in [-0.05, 0) is 0 Å². The van der Waals surface area contributed by atoms with Crippen molar-refractivity contribution in [3.05, 3.63) is 4.91 Å². The first-order chi connectivity index (χ1) is 1.91. The van der Waals surface area contributed by atoms with Crippen LogP contribution in [0.15, 0.2) is 5.09 Å². The minimum Gasteiger partial charge on any atom is -0.432 e. The standard InChI is InChI=1S/BH2NO2/c3-1-2-4/h1,3H. The monoisotopic (exact) mass is 59.0 g/mol. The highest BCUT2D eigenvalue weighted by Gasteiger charge is 1.64. The summed E-state index contributed by atoms with van der Waals surface area (Å²) in [5, 5.41) is 9.44. The van der Waals surface area contributed by atoms with Gasteiger partial charge in [0.1, 0.15) is 0 Å². The average molecular weight is 58.8 g/mol. The molecule has 0 radical (unpaired) electrons. The molecule has 0 aromatic heterocycles. The molecule has 0 aromatic carbocycles. The molecular weight excluding hydrogens is 56.8 g/mol. The molecule has 0 aliphatic carbocycles. The first-order valence-corrected chi connectivity index (χ1v) is 0.815. The largest absolute Gasteiger partial charge is 0.466 e. The fourth-order valence-corrected chi connectivity index (χ4v) is 0. The van der Waals surface area contributed by atoms with Crippen LogP contribution in [0.25, 0.3) is 0 Å². The molecule has 0 amide bonds. The van der Waals surface area contributed by atoms with E-state index in [4.69, 9.17) is 9.93 Å². The molecule has 0 aliphatic rings. The van der Waals surface area contributed by atoms with Gasteiger partial charge in [0.15, 0.2) is 0 Å². The Bertz CT molecular complexity index is 20.0. The molecule has 0 atom stereocenters. The zero-order valence-electron chi connectivity index (χ0n) is 2.01. The third-order valence-corrected chi connectivity index (χ3v) is 0.0577. The summed E-state index contributed by atoms with van der Waals surface area (Å²) in [6.07, 6.45) is 0. The Morgan fingerprint density at radius 2 is 2.25 bits per heavy atom. The van der Waals surface area contributed by atoms with Gasteiger partial charge in [-0.1, -0.05) is 0 Å². The lowest BCUT2D eigenvalue weighted by Gasteiger charge is -1.48. The fourth-order valence-electron chi connectivity index (χ4n) is 0. The van der Waals surface area contributed by atoms with E-state index in [0.717, 1.165) is 0 Å². The highest BCUT2D eigenvalue weighted by Crippen LogP contribution is 1.40. The summed E-state index contributed by atoms with van der Waals surface area (Å²) in [5.74, 6) is 0. The van der Waals surface area contributed by atoms with E-state index in [0.29, 0.717) is 0 Å². The Morgan fingerprint density at radius 1 is 2.00 bits per heavy atom. The van der Waals surface area contributed by atoms with E-state index in [1.807, 2.05) is 5.09 Å². The van der Waals surface area contributed by atoms with Crippen LogP contribution >= 0.6 is 0 Å². The second-order valence-corrected chi connectivity index (χ2v) is 0.271. The van der Waals surface area contributed by atoms with E-state index in [2.05, 4.69) is 0 Å². The van der Waals surface area contributed by atoms with Gasteiger partial charge in [0, 0.05) is 0 Å². The molecule has 0 aliphatic heterocycles. The van der Waals surface area contributed by atoms with Crippen LogP contribution in [0, 0.1) is 4.91 Å². The van der Waals surface area contributed by atoms with Crippen LogP contribution < -0.4 is 0 Å². The van der Waals surface area contributed by atoms with Crippen molar-refractivity contribution >= 4 is 7.62 Å². The second-order valence-electron chi connectivity index (χ2n) is 0.271. The van der Waals surface area contributed by atoms with Crippen LogP contribution in [0.5, 0.6) is 0 Å². The summed E-state index contributed by atoms with van der Waals surface area (Å²) < 4.78 is 0. The van der Waals surface area contributed by atoms with E-state index in [-0.39, 0.29) is 0 Å². The average Bonchev–Trinajstić information content (AvgIpc) is 1.37. The second kappa shape index (κ2) is 2.62. The molecule has 0 fully saturated rings. The maximum absolute atomic E-state index is 8.67. The lowest BCUT2D eigenvalue weighted by molar-refractivity contribution is 0.604. The summed E-state index contributed by atoms with van der Waals surface area (Å²) in [4.78, 5) is 8.67. The normalized spacial score (nSPS) is 5.25. The fraction of sp³-hybridized carbons (Fsp3) is 0. The molecule has 1 N–H and O–H groups in total. The van der Waals surface area contributed by atoms with Gasteiger partial charge >= 0.3 is 7.62 Å². The Hall–Kier alpha value is -0.375. The molecule has 4 heavy (non-hydrogen) atoms. The lowest BCUT2D eigenvalue weighted by Crippen LogP contribution is -1.71. The zero-order valence-corrected chi connectivity index (χ0v) is 2.01. The molecule has 0 aromatic rings. The topological polar surface area (TPSA) is 49.7 Å². The Balaban J connectivity index is 2.30. The molecule has 0 heterocycles. The van der Waals surface area contributed by atoms with Gasteiger partial charge < -0.3 is 5.02 Å². The minimum absolute atomic E-state index is 0.611. The van der Waals surface area contributed by atoms with E-state index in [1.165, 1.54) is 0 Å². The molecule has 4 heteroatoms. The van der Waals surface area contributed by atoms with Crippen molar-refractivity contribution in [1.29, 1.82) is 0 Å². The zero-order chi connectivity index (χ0) is 3.41. The number of nitroso groups, excluding NO2 is 1. The molecule has 0 bridgehead atoms. The Morgan fingerprint density at radius 3 is 2.25 bits per heavy atom. The van der Waals surface area contributed by atoms with Gasteiger partial charge in [0.05, 0.1) is 0 Å². The predicted molar refractivity (Wildman–Crippen MR) is 15.2 cm³/mol. The number of nitrogens with zero attached hydrogens (tertiary/aromatic N) is 1. The van der Waals surface area contributed by atoms with Crippen LogP contribution in [-0.4, -0.2) is 12.6 Å². The third-order valence-electron chi connectivity index (χ3n) is 0.0577. The molecule has 0 spiro atoms. The predicted octanol–water partition coefficient (Wildman–Crippen LogP) is -0.988. The SMILES string of the molecule is O=NBO. The van der Waals surface area contributed by atoms with Crippen molar-refractivity contribution in [3.8, 4) is 0 Å². The van der Waals surface area contributed by atoms with Crippen LogP contribution in [0.1, 0.15) is 0 Å². The summed E-state index contributed by atoms with van der Waals surface area (Å²) in [6.45, 7) is 0. The Kier molecular flexibility index (Phi) is 2.38. The lowest BCUT2D eigenvalue weighted by atomic mass is 10.4. The van der Waals surface area contributed by atoms with Crippen molar-refractivity contribution in [2.45, 2.75) is 0 Å². The summed E-state index contributed by atoms with van der Waals surface area (Å²) in [6, 6.07) is 0. The number of rotatable bonds is 1. The highest BCUT2D eigenvalue weighted by atomic mass is 16.3. The van der Waals surface area contributed by atoms with Crippen molar-refractivity contribution in [3.63, 3.8) is 0 Å². The molecule has 22 valence electrons. The van der Waals surface area contributed by atoms with Gasteiger partial charge in [0.2, 0.25) is 0 Å². The first-order valence-electron chi connectivity index (χ1n) is 0.815. The maximum Gasteiger partial charge on any atom is 0.466 e. The molecule has 0 unspecified atom stereocenters.